The van der Waals surface area contributed by atoms with E-state index < -0.39 is 5.97 Å². The summed E-state index contributed by atoms with van der Waals surface area (Å²) >= 11 is 6.04. The molecule has 1 aromatic heterocycles. The molecule has 0 amide bonds. The third-order valence-corrected chi connectivity index (χ3v) is 2.60. The normalized spacial score (nSPS) is 10.6. The molecule has 0 aliphatic rings. The topological polar surface area (TPSA) is 59.4 Å². The summed E-state index contributed by atoms with van der Waals surface area (Å²) in [5, 5.41) is 9.08. The molecule has 2 aromatic rings. The molecule has 4 nitrogen and oxygen atoms in total. The van der Waals surface area contributed by atoms with Gasteiger partial charge >= 0.3 is 5.97 Å². The van der Waals surface area contributed by atoms with E-state index in [1.807, 2.05) is 0 Å². The fourth-order valence-corrected chi connectivity index (χ4v) is 1.69. The van der Waals surface area contributed by atoms with Crippen molar-refractivity contribution in [1.29, 1.82) is 0 Å². The molecule has 0 atom stereocenters. The number of pyridine rings is 1. The average Bonchev–Trinajstić information content (AvgIpc) is 2.39. The zero-order valence-corrected chi connectivity index (χ0v) is 10.5. The summed E-state index contributed by atoms with van der Waals surface area (Å²) in [6.07, 6.45) is 5.61. The molecule has 0 spiro atoms. The number of hydrogen-bond acceptors (Lipinski definition) is 3. The van der Waals surface area contributed by atoms with Crippen LogP contribution in [0.5, 0.6) is 11.5 Å². The minimum atomic E-state index is -1.05. The van der Waals surface area contributed by atoms with Crippen molar-refractivity contribution in [3.8, 4) is 11.5 Å². The van der Waals surface area contributed by atoms with Crippen LogP contribution in [-0.2, 0) is 4.79 Å². The number of halogens is 1. The average molecular weight is 276 g/mol. The third kappa shape index (κ3) is 3.56. The Morgan fingerprint density at radius 2 is 2.16 bits per heavy atom. The Kier molecular flexibility index (Phi) is 4.15. The second kappa shape index (κ2) is 6.02. The van der Waals surface area contributed by atoms with E-state index in [1.54, 1.807) is 42.7 Å². The number of aromatic nitrogens is 1. The van der Waals surface area contributed by atoms with Gasteiger partial charge in [-0.2, -0.15) is 0 Å². The lowest BCUT2D eigenvalue weighted by Crippen LogP contribution is -1.91. The highest BCUT2D eigenvalue weighted by Crippen LogP contribution is 2.31. The van der Waals surface area contributed by atoms with Crippen molar-refractivity contribution in [2.45, 2.75) is 0 Å². The van der Waals surface area contributed by atoms with Crippen LogP contribution in [0, 0.1) is 0 Å². The minimum Gasteiger partial charge on any atom is -0.478 e. The van der Waals surface area contributed by atoms with Crippen molar-refractivity contribution in [1.82, 2.24) is 4.98 Å². The number of nitrogens with zero attached hydrogens (tertiary/aromatic N) is 1. The zero-order valence-electron chi connectivity index (χ0n) is 9.79. The van der Waals surface area contributed by atoms with E-state index in [9.17, 15) is 4.79 Å². The van der Waals surface area contributed by atoms with Gasteiger partial charge in [0, 0.05) is 17.8 Å². The Hall–Kier alpha value is -2.33. The van der Waals surface area contributed by atoms with Gasteiger partial charge in [-0.05, 0) is 30.3 Å². The lowest BCUT2D eigenvalue weighted by Gasteiger charge is -2.09. The second-order valence-electron chi connectivity index (χ2n) is 3.61. The quantitative estimate of drug-likeness (QED) is 0.866. The Morgan fingerprint density at radius 1 is 1.32 bits per heavy atom. The molecule has 1 N–H and O–H groups in total. The minimum absolute atomic E-state index is 0.416. The molecule has 2 rings (SSSR count). The Balaban J connectivity index is 2.35. The standard InChI is InChI=1S/C14H10ClNO3/c15-12-4-1-5-13(11(12)6-7-14(17)18)19-10-3-2-8-16-9-10/h1-9H,(H,17,18). The molecule has 0 radical (unpaired) electrons. The van der Waals surface area contributed by atoms with E-state index in [0.717, 1.165) is 6.08 Å². The number of carbonyl (C=O) groups is 1. The zero-order chi connectivity index (χ0) is 13.7. The monoisotopic (exact) mass is 275 g/mol. The molecule has 5 heteroatoms. The first-order chi connectivity index (χ1) is 9.16. The van der Waals surface area contributed by atoms with Crippen LogP contribution in [0.3, 0.4) is 0 Å². The first-order valence-corrected chi connectivity index (χ1v) is 5.82. The second-order valence-corrected chi connectivity index (χ2v) is 4.02. The smallest absolute Gasteiger partial charge is 0.328 e. The maximum absolute atomic E-state index is 10.6. The number of carboxylic acids is 1. The van der Waals surface area contributed by atoms with Crippen molar-refractivity contribution < 1.29 is 14.6 Å². The summed E-state index contributed by atoms with van der Waals surface area (Å²) < 4.78 is 5.63. The van der Waals surface area contributed by atoms with E-state index in [2.05, 4.69) is 4.98 Å². The molecule has 0 unspecified atom stereocenters. The van der Waals surface area contributed by atoms with Crippen molar-refractivity contribution in [2.24, 2.45) is 0 Å². The van der Waals surface area contributed by atoms with Gasteiger partial charge in [0.15, 0.2) is 0 Å². The molecule has 1 heterocycles. The number of ether oxygens (including phenoxy) is 1. The highest BCUT2D eigenvalue weighted by Gasteiger charge is 2.07. The highest BCUT2D eigenvalue weighted by molar-refractivity contribution is 6.32. The summed E-state index contributed by atoms with van der Waals surface area (Å²) in [4.78, 5) is 14.5. The molecule has 96 valence electrons. The van der Waals surface area contributed by atoms with Crippen LogP contribution >= 0.6 is 11.6 Å². The van der Waals surface area contributed by atoms with Gasteiger partial charge in [0.1, 0.15) is 11.5 Å². The highest BCUT2D eigenvalue weighted by atomic mass is 35.5. The van der Waals surface area contributed by atoms with Gasteiger partial charge < -0.3 is 9.84 Å². The van der Waals surface area contributed by atoms with Crippen molar-refractivity contribution in [2.75, 3.05) is 0 Å². The summed E-state index contributed by atoms with van der Waals surface area (Å²) in [5.41, 5.74) is 0.510. The molecule has 0 bridgehead atoms. The fourth-order valence-electron chi connectivity index (χ4n) is 1.46. The number of aliphatic carboxylic acids is 1. The summed E-state index contributed by atoms with van der Waals surface area (Å²) in [7, 11) is 0. The van der Waals surface area contributed by atoms with Crippen molar-refractivity contribution >= 4 is 23.6 Å². The molecule has 0 aliphatic heterocycles. The predicted molar refractivity (Wildman–Crippen MR) is 72.4 cm³/mol. The molecule has 0 aliphatic carbocycles. The van der Waals surface area contributed by atoms with Gasteiger partial charge in [-0.25, -0.2) is 4.79 Å². The van der Waals surface area contributed by atoms with Crippen LogP contribution in [0.1, 0.15) is 5.56 Å². The van der Waals surface area contributed by atoms with Crippen LogP contribution in [-0.4, -0.2) is 16.1 Å². The Labute approximate surface area is 114 Å². The van der Waals surface area contributed by atoms with Crippen LogP contribution < -0.4 is 4.74 Å². The molecular weight excluding hydrogens is 266 g/mol. The molecule has 19 heavy (non-hydrogen) atoms. The maximum Gasteiger partial charge on any atom is 0.328 e. The molecule has 0 saturated heterocycles. The van der Waals surface area contributed by atoms with Gasteiger partial charge in [-0.1, -0.05) is 17.7 Å². The summed E-state index contributed by atoms with van der Waals surface area (Å²) in [6, 6.07) is 8.59. The molecule has 0 fully saturated rings. The van der Waals surface area contributed by atoms with Gasteiger partial charge in [0.2, 0.25) is 0 Å². The summed E-state index contributed by atoms with van der Waals surface area (Å²) in [5.74, 6) is -0.0278. The number of benzene rings is 1. The maximum atomic E-state index is 10.6. The lowest BCUT2D eigenvalue weighted by atomic mass is 10.2. The van der Waals surface area contributed by atoms with Crippen LogP contribution in [0.2, 0.25) is 5.02 Å². The number of carboxylic acid groups (broad SMARTS) is 1. The Morgan fingerprint density at radius 3 is 2.84 bits per heavy atom. The SMILES string of the molecule is O=C(O)C=Cc1c(Cl)cccc1Oc1cccnc1. The predicted octanol–water partition coefficient (Wildman–Crippen LogP) is 3.63. The van der Waals surface area contributed by atoms with Gasteiger partial charge in [-0.3, -0.25) is 4.98 Å². The summed E-state index contributed by atoms with van der Waals surface area (Å²) in [6.45, 7) is 0. The molecular formula is C14H10ClNO3. The number of hydrogen-bond donors (Lipinski definition) is 1. The molecule has 0 saturated carbocycles. The van der Waals surface area contributed by atoms with Gasteiger partial charge in [0.25, 0.3) is 0 Å². The Bertz CT molecular complexity index is 611. The fraction of sp³-hybridized carbons (Fsp3) is 0. The number of rotatable bonds is 4. The van der Waals surface area contributed by atoms with E-state index in [-0.39, 0.29) is 0 Å². The van der Waals surface area contributed by atoms with Gasteiger partial charge in [-0.15, -0.1) is 0 Å². The van der Waals surface area contributed by atoms with Gasteiger partial charge in [0.05, 0.1) is 11.2 Å². The molecule has 1 aromatic carbocycles. The largest absolute Gasteiger partial charge is 0.478 e. The van der Waals surface area contributed by atoms with E-state index in [4.69, 9.17) is 21.4 Å². The van der Waals surface area contributed by atoms with E-state index in [0.29, 0.717) is 22.1 Å². The van der Waals surface area contributed by atoms with Crippen LogP contribution in [0.25, 0.3) is 6.08 Å². The van der Waals surface area contributed by atoms with Crippen molar-refractivity contribution in [3.63, 3.8) is 0 Å². The van der Waals surface area contributed by atoms with E-state index >= 15 is 0 Å². The lowest BCUT2D eigenvalue weighted by molar-refractivity contribution is -0.131. The first kappa shape index (κ1) is 13.1. The third-order valence-electron chi connectivity index (χ3n) is 2.27. The van der Waals surface area contributed by atoms with Crippen molar-refractivity contribution in [3.05, 3.63) is 59.4 Å². The van der Waals surface area contributed by atoms with E-state index in [1.165, 1.54) is 6.08 Å². The first-order valence-electron chi connectivity index (χ1n) is 5.44. The van der Waals surface area contributed by atoms with Crippen LogP contribution in [0.15, 0.2) is 48.8 Å². The van der Waals surface area contributed by atoms with Crippen LogP contribution in [0.4, 0.5) is 0 Å².